The van der Waals surface area contributed by atoms with Crippen LogP contribution in [-0.4, -0.2) is 19.9 Å². The van der Waals surface area contributed by atoms with E-state index in [1.54, 1.807) is 24.7 Å². The van der Waals surface area contributed by atoms with E-state index in [4.69, 9.17) is 4.74 Å². The highest BCUT2D eigenvalue weighted by atomic mass is 32.1. The maximum atomic E-state index is 9.67. The molecule has 0 aliphatic carbocycles. The Bertz CT molecular complexity index is 1040. The first kappa shape index (κ1) is 16.1. The first-order chi connectivity index (χ1) is 12.8. The molecule has 0 bridgehead atoms. The van der Waals surface area contributed by atoms with Gasteiger partial charge >= 0.3 is 6.01 Å². The van der Waals surface area contributed by atoms with Crippen molar-refractivity contribution in [1.29, 1.82) is 5.26 Å². The van der Waals surface area contributed by atoms with Crippen LogP contribution in [0.15, 0.2) is 61.1 Å². The fourth-order valence-corrected chi connectivity index (χ4v) is 3.50. The summed E-state index contributed by atoms with van der Waals surface area (Å²) in [5.41, 5.74) is 2.43. The lowest BCUT2D eigenvalue weighted by Gasteiger charge is -2.08. The van der Waals surface area contributed by atoms with Crippen molar-refractivity contribution in [3.05, 3.63) is 77.3 Å². The number of ether oxygens (including phenoxy) is 1. The Morgan fingerprint density at radius 3 is 2.69 bits per heavy atom. The Hall–Kier alpha value is -3.37. The first-order valence-corrected chi connectivity index (χ1v) is 8.75. The Kier molecular flexibility index (Phi) is 4.50. The first-order valence-electron chi connectivity index (χ1n) is 7.93. The summed E-state index contributed by atoms with van der Waals surface area (Å²) in [7, 11) is 0. The van der Waals surface area contributed by atoms with Crippen LogP contribution >= 0.6 is 11.3 Å². The van der Waals surface area contributed by atoms with Crippen LogP contribution in [0.25, 0.3) is 10.2 Å². The number of hydrogen-bond donors (Lipinski definition) is 0. The van der Waals surface area contributed by atoms with E-state index in [2.05, 4.69) is 26.0 Å². The molecule has 0 fully saturated rings. The summed E-state index contributed by atoms with van der Waals surface area (Å²) in [6.45, 7) is 0.338. The number of thiazole rings is 1. The molecule has 0 aliphatic heterocycles. The molecular weight excluding hydrogens is 346 g/mol. The van der Waals surface area contributed by atoms with Gasteiger partial charge in [-0.1, -0.05) is 12.1 Å². The quantitative estimate of drug-likeness (QED) is 0.540. The summed E-state index contributed by atoms with van der Waals surface area (Å²) in [6.07, 6.45) is 5.01. The molecule has 3 heterocycles. The van der Waals surface area contributed by atoms with E-state index in [-0.39, 0.29) is 6.01 Å². The average molecular weight is 359 g/mol. The van der Waals surface area contributed by atoms with E-state index in [1.807, 2.05) is 36.4 Å². The molecule has 4 rings (SSSR count). The van der Waals surface area contributed by atoms with Crippen LogP contribution in [-0.2, 0) is 6.61 Å². The number of benzene rings is 1. The molecule has 0 N–H and O–H groups in total. The van der Waals surface area contributed by atoms with Crippen molar-refractivity contribution in [2.45, 2.75) is 12.5 Å². The number of hydrogen-bond acceptors (Lipinski definition) is 7. The van der Waals surface area contributed by atoms with E-state index in [0.29, 0.717) is 17.3 Å². The molecule has 0 saturated carbocycles. The van der Waals surface area contributed by atoms with Crippen LogP contribution in [0.2, 0.25) is 0 Å². The number of rotatable bonds is 5. The second-order valence-electron chi connectivity index (χ2n) is 5.49. The van der Waals surface area contributed by atoms with Crippen molar-refractivity contribution in [2.75, 3.05) is 0 Å². The molecule has 0 amide bonds. The lowest BCUT2D eigenvalue weighted by Crippen LogP contribution is -2.05. The van der Waals surface area contributed by atoms with Gasteiger partial charge in [0.15, 0.2) is 0 Å². The molecule has 26 heavy (non-hydrogen) atoms. The van der Waals surface area contributed by atoms with Crippen LogP contribution in [0.3, 0.4) is 0 Å². The molecular formula is C19H13N5OS. The number of fused-ring (bicyclic) bond motifs is 1. The summed E-state index contributed by atoms with van der Waals surface area (Å²) < 4.78 is 6.69. The molecule has 7 heteroatoms. The van der Waals surface area contributed by atoms with Crippen LogP contribution in [0.5, 0.6) is 6.01 Å². The van der Waals surface area contributed by atoms with Gasteiger partial charge in [-0.05, 0) is 35.9 Å². The summed E-state index contributed by atoms with van der Waals surface area (Å²) >= 11 is 1.50. The predicted octanol–water partition coefficient (Wildman–Crippen LogP) is 3.72. The van der Waals surface area contributed by atoms with Gasteiger partial charge in [0.05, 0.1) is 22.0 Å². The minimum absolute atomic E-state index is 0.237. The van der Waals surface area contributed by atoms with E-state index in [0.717, 1.165) is 15.8 Å². The number of para-hydroxylation sites is 1. The van der Waals surface area contributed by atoms with Crippen molar-refractivity contribution in [3.63, 3.8) is 0 Å². The van der Waals surface area contributed by atoms with E-state index in [1.165, 1.54) is 11.3 Å². The van der Waals surface area contributed by atoms with Gasteiger partial charge < -0.3 is 4.74 Å². The molecule has 0 spiro atoms. The van der Waals surface area contributed by atoms with E-state index in [9.17, 15) is 5.26 Å². The minimum Gasteiger partial charge on any atom is -0.459 e. The molecule has 126 valence electrons. The molecule has 0 radical (unpaired) electrons. The van der Waals surface area contributed by atoms with Gasteiger partial charge in [-0.25, -0.2) is 9.97 Å². The Labute approximate surface area is 153 Å². The van der Waals surface area contributed by atoms with Gasteiger partial charge in [0.25, 0.3) is 0 Å². The number of nitrogens with zero attached hydrogens (tertiary/aromatic N) is 5. The molecule has 0 aliphatic rings. The highest BCUT2D eigenvalue weighted by Gasteiger charge is 2.20. The van der Waals surface area contributed by atoms with Crippen LogP contribution < -0.4 is 4.74 Å². The molecule has 3 aromatic heterocycles. The maximum absolute atomic E-state index is 9.67. The normalized spacial score (nSPS) is 11.8. The highest BCUT2D eigenvalue weighted by molar-refractivity contribution is 7.18. The molecule has 1 unspecified atom stereocenters. The van der Waals surface area contributed by atoms with Crippen molar-refractivity contribution < 1.29 is 4.74 Å². The van der Waals surface area contributed by atoms with Gasteiger partial charge in [-0.2, -0.15) is 10.2 Å². The van der Waals surface area contributed by atoms with Gasteiger partial charge in [0.1, 0.15) is 17.5 Å². The zero-order valence-corrected chi connectivity index (χ0v) is 14.4. The van der Waals surface area contributed by atoms with E-state index < -0.39 is 5.92 Å². The third kappa shape index (κ3) is 3.36. The van der Waals surface area contributed by atoms with Crippen LogP contribution in [0.4, 0.5) is 0 Å². The Balaban J connectivity index is 1.58. The minimum atomic E-state index is -0.557. The second-order valence-corrected chi connectivity index (χ2v) is 6.55. The summed E-state index contributed by atoms with van der Waals surface area (Å²) in [4.78, 5) is 17.1. The van der Waals surface area contributed by atoms with Gasteiger partial charge in [-0.15, -0.1) is 11.3 Å². The highest BCUT2D eigenvalue weighted by Crippen LogP contribution is 2.30. The lowest BCUT2D eigenvalue weighted by molar-refractivity contribution is 0.279. The molecule has 4 aromatic rings. The average Bonchev–Trinajstić information content (AvgIpc) is 3.12. The van der Waals surface area contributed by atoms with Gasteiger partial charge in [0, 0.05) is 18.6 Å². The fourth-order valence-electron chi connectivity index (χ4n) is 2.47. The van der Waals surface area contributed by atoms with Crippen molar-refractivity contribution >= 4 is 21.6 Å². The van der Waals surface area contributed by atoms with Gasteiger partial charge in [0.2, 0.25) is 0 Å². The Morgan fingerprint density at radius 1 is 1.04 bits per heavy atom. The monoisotopic (exact) mass is 359 g/mol. The van der Waals surface area contributed by atoms with Crippen molar-refractivity contribution in [2.24, 2.45) is 0 Å². The van der Waals surface area contributed by atoms with Crippen molar-refractivity contribution in [1.82, 2.24) is 19.9 Å². The van der Waals surface area contributed by atoms with E-state index >= 15 is 0 Å². The maximum Gasteiger partial charge on any atom is 0.316 e. The largest absolute Gasteiger partial charge is 0.459 e. The summed E-state index contributed by atoms with van der Waals surface area (Å²) in [6, 6.07) is 15.8. The molecule has 0 saturated heterocycles. The third-order valence-corrected chi connectivity index (χ3v) is 4.86. The number of nitriles is 1. The standard InChI is InChI=1S/C19H13N5OS/c20-11-14(18-23-16-3-1-2-4-17(16)26-18)15-7-10-22-19(24-15)25-12-13-5-8-21-9-6-13/h1-10,14H,12H2. The van der Waals surface area contributed by atoms with Crippen LogP contribution in [0, 0.1) is 11.3 Å². The third-order valence-electron chi connectivity index (χ3n) is 3.75. The zero-order chi connectivity index (χ0) is 17.8. The SMILES string of the molecule is N#CC(c1ccnc(OCc2ccncc2)n1)c1nc2ccccc2s1. The zero-order valence-electron chi connectivity index (χ0n) is 13.6. The topological polar surface area (TPSA) is 84.6 Å². The second kappa shape index (κ2) is 7.25. The van der Waals surface area contributed by atoms with Crippen molar-refractivity contribution in [3.8, 4) is 12.1 Å². The number of aromatic nitrogens is 4. The van der Waals surface area contributed by atoms with Gasteiger partial charge in [-0.3, -0.25) is 4.98 Å². The molecule has 1 aromatic carbocycles. The predicted molar refractivity (Wildman–Crippen MR) is 97.7 cm³/mol. The smallest absolute Gasteiger partial charge is 0.316 e. The lowest BCUT2D eigenvalue weighted by atomic mass is 10.1. The summed E-state index contributed by atoms with van der Waals surface area (Å²) in [5.74, 6) is -0.557. The Morgan fingerprint density at radius 2 is 1.88 bits per heavy atom. The fraction of sp³-hybridized carbons (Fsp3) is 0.105. The number of pyridine rings is 1. The summed E-state index contributed by atoms with van der Waals surface area (Å²) in [5, 5.41) is 10.4. The van der Waals surface area contributed by atoms with Crippen LogP contribution in [0.1, 0.15) is 22.2 Å². The molecule has 6 nitrogen and oxygen atoms in total. The molecule has 1 atom stereocenters.